The highest BCUT2D eigenvalue weighted by Crippen LogP contribution is 2.26. The predicted molar refractivity (Wildman–Crippen MR) is 120 cm³/mol. The third kappa shape index (κ3) is 4.50. The molecule has 2 unspecified atom stereocenters. The third-order valence-electron chi connectivity index (χ3n) is 5.66. The lowest BCUT2D eigenvalue weighted by molar-refractivity contribution is -0.130. The molecule has 2 aromatic heterocycles. The van der Waals surface area contributed by atoms with Crippen LogP contribution in [0.25, 0.3) is 11.0 Å². The number of benzene rings is 1. The number of piperidine rings is 1. The molecule has 3 heterocycles. The summed E-state index contributed by atoms with van der Waals surface area (Å²) in [5, 5.41) is 6.80. The molecular weight excluding hydrogens is 430 g/mol. The van der Waals surface area contributed by atoms with Crippen LogP contribution in [0.15, 0.2) is 43.0 Å². The van der Waals surface area contributed by atoms with Crippen molar-refractivity contribution in [3.05, 3.63) is 59.1 Å². The van der Waals surface area contributed by atoms with Crippen LogP contribution in [0.2, 0.25) is 5.02 Å². The first-order chi connectivity index (χ1) is 15.3. The molecule has 0 aliphatic carbocycles. The molecule has 8 nitrogen and oxygen atoms in total. The van der Waals surface area contributed by atoms with E-state index in [9.17, 15) is 14.4 Å². The lowest BCUT2D eigenvalue weighted by Crippen LogP contribution is -2.54. The fourth-order valence-corrected chi connectivity index (χ4v) is 4.10. The van der Waals surface area contributed by atoms with E-state index in [2.05, 4.69) is 20.6 Å². The second-order valence-electron chi connectivity index (χ2n) is 8.27. The number of hydrogen-bond donors (Lipinski definition) is 2. The number of Topliss-reactive ketones (excluding diaryl/α,β-unsaturated/α-hetero) is 1. The zero-order chi connectivity index (χ0) is 22.8. The van der Waals surface area contributed by atoms with Crippen LogP contribution in [0.3, 0.4) is 0 Å². The number of halogens is 1. The normalized spacial score (nSPS) is 18.6. The van der Waals surface area contributed by atoms with Gasteiger partial charge in [0, 0.05) is 46.9 Å². The Bertz CT molecular complexity index is 1170. The Kier molecular flexibility index (Phi) is 6.23. The molecule has 0 radical (unpaired) electrons. The number of ketones is 1. The number of rotatable bonds is 6. The summed E-state index contributed by atoms with van der Waals surface area (Å²) in [4.78, 5) is 46.6. The molecule has 1 saturated heterocycles. The van der Waals surface area contributed by atoms with Gasteiger partial charge in [-0.1, -0.05) is 23.7 Å². The van der Waals surface area contributed by atoms with Gasteiger partial charge in [-0.05, 0) is 38.0 Å². The van der Waals surface area contributed by atoms with Gasteiger partial charge in [0.25, 0.3) is 0 Å². The van der Waals surface area contributed by atoms with Gasteiger partial charge in [0.1, 0.15) is 18.0 Å². The second-order valence-corrected chi connectivity index (χ2v) is 8.71. The van der Waals surface area contributed by atoms with Crippen molar-refractivity contribution in [2.75, 3.05) is 6.54 Å². The molecule has 1 fully saturated rings. The lowest BCUT2D eigenvalue weighted by Gasteiger charge is -2.28. The largest absolute Gasteiger partial charge is 0.354 e. The number of carbonyl (C=O) groups is 3. The van der Waals surface area contributed by atoms with Gasteiger partial charge in [0.2, 0.25) is 11.8 Å². The van der Waals surface area contributed by atoms with E-state index in [1.807, 2.05) is 18.4 Å². The molecule has 2 N–H and O–H groups in total. The minimum atomic E-state index is -0.771. The highest BCUT2D eigenvalue weighted by Gasteiger charge is 2.35. The molecule has 32 heavy (non-hydrogen) atoms. The van der Waals surface area contributed by atoms with Gasteiger partial charge in [-0.3, -0.25) is 14.4 Å². The summed E-state index contributed by atoms with van der Waals surface area (Å²) < 4.78 is 1.94. The Morgan fingerprint density at radius 2 is 2.03 bits per heavy atom. The Morgan fingerprint density at radius 1 is 1.28 bits per heavy atom. The number of nitrogens with zero attached hydrogens (tertiary/aromatic N) is 3. The van der Waals surface area contributed by atoms with Gasteiger partial charge in [-0.2, -0.15) is 0 Å². The number of hydrogen-bond acceptors (Lipinski definition) is 5. The molecule has 166 valence electrons. The van der Waals surface area contributed by atoms with Crippen molar-refractivity contribution >= 4 is 40.2 Å². The topological polar surface area (TPSA) is 106 Å². The van der Waals surface area contributed by atoms with Crippen LogP contribution in [-0.2, 0) is 16.0 Å². The van der Waals surface area contributed by atoms with Crippen LogP contribution < -0.4 is 10.6 Å². The predicted octanol–water partition coefficient (Wildman–Crippen LogP) is 2.71. The third-order valence-corrected chi connectivity index (χ3v) is 5.91. The second kappa shape index (κ2) is 9.08. The van der Waals surface area contributed by atoms with Gasteiger partial charge in [0.05, 0.1) is 6.42 Å². The van der Waals surface area contributed by atoms with Crippen molar-refractivity contribution in [1.82, 2.24) is 25.2 Å². The first kappa shape index (κ1) is 22.0. The molecule has 4 rings (SSSR count). The highest BCUT2D eigenvalue weighted by molar-refractivity contribution is 6.30. The van der Waals surface area contributed by atoms with Gasteiger partial charge in [-0.25, -0.2) is 9.97 Å². The molecule has 3 aromatic rings. The SMILES string of the molecule is CC(C)n1cc(C(=O)C2CNC(=O)C(NC(=O)Cc3ccc(Cl)cc3)C2)c2cncnc21. The molecule has 2 atom stereocenters. The maximum Gasteiger partial charge on any atom is 0.242 e. The summed E-state index contributed by atoms with van der Waals surface area (Å²) in [6.45, 7) is 4.26. The van der Waals surface area contributed by atoms with E-state index in [4.69, 9.17) is 11.6 Å². The molecule has 0 saturated carbocycles. The van der Waals surface area contributed by atoms with E-state index in [-0.39, 0.29) is 43.0 Å². The highest BCUT2D eigenvalue weighted by atomic mass is 35.5. The van der Waals surface area contributed by atoms with Crippen molar-refractivity contribution in [1.29, 1.82) is 0 Å². The lowest BCUT2D eigenvalue weighted by atomic mass is 9.88. The average molecular weight is 454 g/mol. The number of aromatic nitrogens is 3. The van der Waals surface area contributed by atoms with Crippen LogP contribution in [0, 0.1) is 5.92 Å². The van der Waals surface area contributed by atoms with E-state index in [1.165, 1.54) is 6.33 Å². The fourth-order valence-electron chi connectivity index (χ4n) is 3.98. The molecule has 2 amide bonds. The van der Waals surface area contributed by atoms with E-state index < -0.39 is 12.0 Å². The quantitative estimate of drug-likeness (QED) is 0.558. The molecule has 0 spiro atoms. The molecule has 1 aliphatic heterocycles. The summed E-state index contributed by atoms with van der Waals surface area (Å²) in [5.41, 5.74) is 2.02. The van der Waals surface area contributed by atoms with E-state index in [0.717, 1.165) is 5.56 Å². The Hall–Kier alpha value is -3.26. The van der Waals surface area contributed by atoms with E-state index in [0.29, 0.717) is 21.6 Å². The van der Waals surface area contributed by atoms with Crippen LogP contribution in [0.5, 0.6) is 0 Å². The monoisotopic (exact) mass is 453 g/mol. The minimum absolute atomic E-state index is 0.0962. The van der Waals surface area contributed by atoms with Crippen LogP contribution >= 0.6 is 11.6 Å². The maximum atomic E-state index is 13.4. The standard InChI is InChI=1S/C23H24ClN5O3/c1-13(2)29-11-18(17-10-25-12-27-22(17)29)21(31)15-8-19(23(32)26-9-15)28-20(30)7-14-3-5-16(24)6-4-14/h3-6,10-13,15,19H,7-9H2,1-2H3,(H,26,32)(H,28,30). The average Bonchev–Trinajstić information content (AvgIpc) is 3.16. The zero-order valence-electron chi connectivity index (χ0n) is 17.8. The molecule has 0 bridgehead atoms. The number of fused-ring (bicyclic) bond motifs is 1. The molecule has 1 aromatic carbocycles. The minimum Gasteiger partial charge on any atom is -0.354 e. The Morgan fingerprint density at radius 3 is 2.75 bits per heavy atom. The van der Waals surface area contributed by atoms with Gasteiger partial charge >= 0.3 is 0 Å². The van der Waals surface area contributed by atoms with E-state index in [1.54, 1.807) is 36.7 Å². The molecule has 1 aliphatic rings. The van der Waals surface area contributed by atoms with Crippen molar-refractivity contribution in [3.8, 4) is 0 Å². The zero-order valence-corrected chi connectivity index (χ0v) is 18.6. The van der Waals surface area contributed by atoms with Crippen molar-refractivity contribution in [2.45, 2.75) is 38.8 Å². The number of amides is 2. The summed E-state index contributed by atoms with van der Waals surface area (Å²) in [5.74, 6) is -1.13. The van der Waals surface area contributed by atoms with Crippen LogP contribution in [0.4, 0.5) is 0 Å². The van der Waals surface area contributed by atoms with Crippen LogP contribution in [0.1, 0.15) is 42.2 Å². The van der Waals surface area contributed by atoms with Gasteiger partial charge < -0.3 is 15.2 Å². The summed E-state index contributed by atoms with van der Waals surface area (Å²) in [6.07, 6.45) is 5.26. The van der Waals surface area contributed by atoms with Crippen molar-refractivity contribution in [2.24, 2.45) is 5.92 Å². The number of carbonyl (C=O) groups excluding carboxylic acids is 3. The number of nitrogens with one attached hydrogen (secondary N) is 2. The smallest absolute Gasteiger partial charge is 0.242 e. The van der Waals surface area contributed by atoms with Crippen molar-refractivity contribution < 1.29 is 14.4 Å². The first-order valence-electron chi connectivity index (χ1n) is 10.5. The van der Waals surface area contributed by atoms with Crippen molar-refractivity contribution in [3.63, 3.8) is 0 Å². The first-order valence-corrected chi connectivity index (χ1v) is 10.9. The Labute approximate surface area is 190 Å². The molecule has 9 heteroatoms. The maximum absolute atomic E-state index is 13.4. The van der Waals surface area contributed by atoms with Gasteiger partial charge in [-0.15, -0.1) is 0 Å². The Balaban J connectivity index is 1.49. The van der Waals surface area contributed by atoms with Crippen LogP contribution in [-0.4, -0.2) is 44.7 Å². The summed E-state index contributed by atoms with van der Waals surface area (Å²) in [6, 6.07) is 6.31. The summed E-state index contributed by atoms with van der Waals surface area (Å²) >= 11 is 5.88. The fraction of sp³-hybridized carbons (Fsp3) is 0.348. The van der Waals surface area contributed by atoms with Gasteiger partial charge in [0.15, 0.2) is 5.78 Å². The van der Waals surface area contributed by atoms with E-state index >= 15 is 0 Å². The molecular formula is C23H24ClN5O3. The summed E-state index contributed by atoms with van der Waals surface area (Å²) in [7, 11) is 0.